The molecule has 3 aromatic heterocycles. The van der Waals surface area contributed by atoms with Crippen molar-refractivity contribution in [3.63, 3.8) is 0 Å². The molecule has 0 saturated heterocycles. The molecule has 8 heteroatoms. The van der Waals surface area contributed by atoms with Crippen molar-refractivity contribution in [1.82, 2.24) is 14.4 Å². The fourth-order valence-electron chi connectivity index (χ4n) is 2.72. The molecule has 0 aliphatic heterocycles. The molecule has 4 aromatic rings. The number of anilines is 2. The molecule has 0 amide bonds. The van der Waals surface area contributed by atoms with Gasteiger partial charge in [0.2, 0.25) is 0 Å². The number of aromatic nitrogens is 3. The highest BCUT2D eigenvalue weighted by molar-refractivity contribution is 9.10. The molecule has 132 valence electrons. The molecule has 0 atom stereocenters. The van der Waals surface area contributed by atoms with Crippen LogP contribution in [0, 0.1) is 6.92 Å². The first kappa shape index (κ1) is 17.3. The summed E-state index contributed by atoms with van der Waals surface area (Å²) < 4.78 is 8.11. The predicted molar refractivity (Wildman–Crippen MR) is 110 cm³/mol. The minimum Gasteiger partial charge on any atom is -0.497 e. The van der Waals surface area contributed by atoms with Gasteiger partial charge in [-0.05, 0) is 53.2 Å². The van der Waals surface area contributed by atoms with Gasteiger partial charge in [0.25, 0.3) is 0 Å². The lowest BCUT2D eigenvalue weighted by atomic mass is 10.3. The normalized spacial score (nSPS) is 11.1. The molecule has 1 N–H and O–H groups in total. The zero-order valence-corrected chi connectivity index (χ0v) is 17.1. The lowest BCUT2D eigenvalue weighted by Crippen LogP contribution is -1.93. The highest BCUT2D eigenvalue weighted by Gasteiger charge is 2.15. The van der Waals surface area contributed by atoms with E-state index in [1.54, 1.807) is 7.11 Å². The Morgan fingerprint density at radius 2 is 2.08 bits per heavy atom. The molecule has 0 bridgehead atoms. The first-order chi connectivity index (χ1) is 12.5. The number of aryl methyl sites for hydroxylation is 1. The van der Waals surface area contributed by atoms with Gasteiger partial charge in [0.05, 0.1) is 29.2 Å². The van der Waals surface area contributed by atoms with E-state index in [0.29, 0.717) is 5.02 Å². The number of rotatable bonds is 4. The molecule has 3 heterocycles. The van der Waals surface area contributed by atoms with Crippen LogP contribution >= 0.6 is 38.9 Å². The molecule has 0 saturated carbocycles. The summed E-state index contributed by atoms with van der Waals surface area (Å²) in [6.07, 6.45) is 1.86. The van der Waals surface area contributed by atoms with Gasteiger partial charge in [-0.1, -0.05) is 11.6 Å². The maximum absolute atomic E-state index is 6.15. The van der Waals surface area contributed by atoms with Crippen LogP contribution in [0.3, 0.4) is 0 Å². The number of fused-ring (bicyclic) bond motifs is 1. The quantitative estimate of drug-likeness (QED) is 0.419. The second kappa shape index (κ2) is 6.90. The van der Waals surface area contributed by atoms with Gasteiger partial charge in [0.15, 0.2) is 5.13 Å². The molecule has 0 spiro atoms. The Balaban J connectivity index is 1.69. The lowest BCUT2D eigenvalue weighted by molar-refractivity contribution is 0.414. The molecule has 5 nitrogen and oxygen atoms in total. The monoisotopic (exact) mass is 448 g/mol. The van der Waals surface area contributed by atoms with Gasteiger partial charge < -0.3 is 10.1 Å². The molecule has 1 aromatic carbocycles. The van der Waals surface area contributed by atoms with Crippen LogP contribution < -0.4 is 10.1 Å². The van der Waals surface area contributed by atoms with Crippen LogP contribution in [0.4, 0.5) is 10.8 Å². The van der Waals surface area contributed by atoms with E-state index >= 15 is 0 Å². The summed E-state index contributed by atoms with van der Waals surface area (Å²) in [7, 11) is 1.65. The van der Waals surface area contributed by atoms with E-state index in [9.17, 15) is 0 Å². The van der Waals surface area contributed by atoms with Crippen LogP contribution in [0.25, 0.3) is 17.0 Å². The third kappa shape index (κ3) is 3.18. The van der Waals surface area contributed by atoms with Gasteiger partial charge in [-0.2, -0.15) is 0 Å². The number of benzene rings is 1. The van der Waals surface area contributed by atoms with Gasteiger partial charge in [0, 0.05) is 16.0 Å². The van der Waals surface area contributed by atoms with Crippen LogP contribution in [0.2, 0.25) is 5.02 Å². The molecular formula is C18H14BrClN4OS. The molecule has 0 aliphatic rings. The van der Waals surface area contributed by atoms with Crippen molar-refractivity contribution in [3.8, 4) is 17.1 Å². The minimum absolute atomic E-state index is 0.659. The Morgan fingerprint density at radius 1 is 1.23 bits per heavy atom. The van der Waals surface area contributed by atoms with Gasteiger partial charge in [0.1, 0.15) is 17.1 Å². The summed E-state index contributed by atoms with van der Waals surface area (Å²) in [6.45, 7) is 1.97. The average molecular weight is 450 g/mol. The van der Waals surface area contributed by atoms with E-state index in [-0.39, 0.29) is 0 Å². The molecular weight excluding hydrogens is 436 g/mol. The number of ether oxygens (including phenoxy) is 1. The van der Waals surface area contributed by atoms with E-state index in [4.69, 9.17) is 21.3 Å². The summed E-state index contributed by atoms with van der Waals surface area (Å²) >= 11 is 11.2. The van der Waals surface area contributed by atoms with E-state index < -0.39 is 0 Å². The standard InChI is InChI=1S/C18H14BrClN4OS/c1-10-17(24-8-11(20)3-6-16(24)21-10)15-9-26-18(23-15)22-14-5-4-12(25-2)7-13(14)19/h3-9H,1-2H3,(H,22,23). The topological polar surface area (TPSA) is 51.5 Å². The fourth-order valence-corrected chi connectivity index (χ4v) is 4.05. The van der Waals surface area contributed by atoms with Crippen LogP contribution in [-0.2, 0) is 0 Å². The number of nitrogens with zero attached hydrogens (tertiary/aromatic N) is 3. The maximum Gasteiger partial charge on any atom is 0.187 e. The van der Waals surface area contributed by atoms with E-state index in [2.05, 4.69) is 26.2 Å². The van der Waals surface area contributed by atoms with Crippen molar-refractivity contribution in [3.05, 3.63) is 57.1 Å². The zero-order chi connectivity index (χ0) is 18.3. The van der Waals surface area contributed by atoms with Crippen molar-refractivity contribution < 1.29 is 4.74 Å². The summed E-state index contributed by atoms with van der Waals surface area (Å²) in [5.74, 6) is 0.792. The van der Waals surface area contributed by atoms with Crippen LogP contribution in [0.5, 0.6) is 5.75 Å². The van der Waals surface area contributed by atoms with Crippen LogP contribution in [-0.4, -0.2) is 21.5 Å². The number of hydrogen-bond acceptors (Lipinski definition) is 5. The van der Waals surface area contributed by atoms with Crippen LogP contribution in [0.15, 0.2) is 46.4 Å². The smallest absolute Gasteiger partial charge is 0.187 e. The molecule has 0 aliphatic carbocycles. The number of nitrogens with one attached hydrogen (secondary N) is 1. The third-order valence-corrected chi connectivity index (χ3v) is 5.56. The van der Waals surface area contributed by atoms with Crippen LogP contribution in [0.1, 0.15) is 5.69 Å². The molecule has 26 heavy (non-hydrogen) atoms. The highest BCUT2D eigenvalue weighted by Crippen LogP contribution is 2.33. The fraction of sp³-hybridized carbons (Fsp3) is 0.111. The first-order valence-corrected chi connectivity index (χ1v) is 9.81. The SMILES string of the molecule is COc1ccc(Nc2nc(-c3c(C)nc4ccc(Cl)cn34)cs2)c(Br)c1. The van der Waals surface area contributed by atoms with E-state index in [1.807, 2.05) is 53.2 Å². The summed E-state index contributed by atoms with van der Waals surface area (Å²) in [4.78, 5) is 9.31. The Kier molecular flexibility index (Phi) is 4.60. The van der Waals surface area contributed by atoms with Crippen molar-refractivity contribution in [2.45, 2.75) is 6.92 Å². The van der Waals surface area contributed by atoms with Crippen molar-refractivity contribution in [2.75, 3.05) is 12.4 Å². The summed E-state index contributed by atoms with van der Waals surface area (Å²) in [5, 5.41) is 6.80. The second-order valence-electron chi connectivity index (χ2n) is 5.63. The van der Waals surface area contributed by atoms with Gasteiger partial charge in [-0.25, -0.2) is 9.97 Å². The lowest BCUT2D eigenvalue weighted by Gasteiger charge is -2.07. The second-order valence-corrected chi connectivity index (χ2v) is 7.78. The number of halogens is 2. The van der Waals surface area contributed by atoms with E-state index in [1.165, 1.54) is 11.3 Å². The average Bonchev–Trinajstić information content (AvgIpc) is 3.19. The van der Waals surface area contributed by atoms with E-state index in [0.717, 1.165) is 43.8 Å². The number of thiazole rings is 1. The number of methoxy groups -OCH3 is 1. The summed E-state index contributed by atoms with van der Waals surface area (Å²) in [6, 6.07) is 9.50. The number of imidazole rings is 1. The molecule has 0 fully saturated rings. The predicted octanol–water partition coefficient (Wildman–Crippen LogP) is 5.93. The number of pyridine rings is 1. The van der Waals surface area contributed by atoms with Gasteiger partial charge in [-0.3, -0.25) is 4.40 Å². The molecule has 0 unspecified atom stereocenters. The maximum atomic E-state index is 6.15. The Bertz CT molecular complexity index is 1110. The van der Waals surface area contributed by atoms with Crippen molar-refractivity contribution in [2.24, 2.45) is 0 Å². The summed E-state index contributed by atoms with van der Waals surface area (Å²) in [5.41, 5.74) is 4.48. The largest absolute Gasteiger partial charge is 0.497 e. The highest BCUT2D eigenvalue weighted by atomic mass is 79.9. The third-order valence-electron chi connectivity index (χ3n) is 3.92. The van der Waals surface area contributed by atoms with Crippen molar-refractivity contribution in [1.29, 1.82) is 0 Å². The number of hydrogen-bond donors (Lipinski definition) is 1. The molecule has 0 radical (unpaired) electrons. The van der Waals surface area contributed by atoms with Gasteiger partial charge >= 0.3 is 0 Å². The van der Waals surface area contributed by atoms with Crippen molar-refractivity contribution >= 4 is 55.3 Å². The molecule has 4 rings (SSSR count). The Hall–Kier alpha value is -2.09. The Labute approximate surface area is 167 Å². The van der Waals surface area contributed by atoms with Gasteiger partial charge in [-0.15, -0.1) is 11.3 Å². The first-order valence-electron chi connectivity index (χ1n) is 7.76. The minimum atomic E-state index is 0.659. The zero-order valence-electron chi connectivity index (χ0n) is 14.0. The Morgan fingerprint density at radius 3 is 2.85 bits per heavy atom.